The van der Waals surface area contributed by atoms with E-state index < -0.39 is 11.7 Å². The third kappa shape index (κ3) is 3.91. The lowest BCUT2D eigenvalue weighted by Gasteiger charge is -2.13. The maximum absolute atomic E-state index is 14.3. The number of carbonyl (C=O) groups is 1. The highest BCUT2D eigenvalue weighted by Crippen LogP contribution is 2.25. The van der Waals surface area contributed by atoms with Gasteiger partial charge in [-0.05, 0) is 65.7 Å². The van der Waals surface area contributed by atoms with Gasteiger partial charge in [0.1, 0.15) is 17.3 Å². The molecule has 2 heterocycles. The Kier molecular flexibility index (Phi) is 5.28. The number of anilines is 1. The van der Waals surface area contributed by atoms with Crippen LogP contribution in [0.4, 0.5) is 14.5 Å². The molecule has 0 atom stereocenters. The molecule has 10 heteroatoms. The summed E-state index contributed by atoms with van der Waals surface area (Å²) in [6, 6.07) is 10.0. The van der Waals surface area contributed by atoms with Gasteiger partial charge < -0.3 is 5.32 Å². The first-order chi connectivity index (χ1) is 14.8. The third-order valence-electron chi connectivity index (χ3n) is 4.73. The Hall–Kier alpha value is -3.95. The van der Waals surface area contributed by atoms with Crippen LogP contribution in [-0.2, 0) is 0 Å². The number of hydrogen-bond donors (Lipinski definition) is 1. The predicted octanol–water partition coefficient (Wildman–Crippen LogP) is 3.81. The summed E-state index contributed by atoms with van der Waals surface area (Å²) in [6.45, 7) is 5.51. The minimum atomic E-state index is -0.527. The number of carbonyl (C=O) groups excluding carboxylic acids is 1. The number of nitrogens with one attached hydrogen (secondary N) is 1. The number of nitrogens with zero attached hydrogens (tertiary/aromatic N) is 6. The predicted molar refractivity (Wildman–Crippen MR) is 109 cm³/mol. The summed E-state index contributed by atoms with van der Waals surface area (Å²) in [7, 11) is 0. The number of hydrogen-bond acceptors (Lipinski definition) is 5. The van der Waals surface area contributed by atoms with Crippen molar-refractivity contribution in [1.82, 2.24) is 30.0 Å². The average molecular weight is 423 g/mol. The van der Waals surface area contributed by atoms with E-state index in [-0.39, 0.29) is 17.4 Å². The fourth-order valence-electron chi connectivity index (χ4n) is 3.28. The van der Waals surface area contributed by atoms with Gasteiger partial charge in [-0.3, -0.25) is 4.79 Å². The van der Waals surface area contributed by atoms with Crippen LogP contribution in [0, 0.1) is 18.6 Å². The fourth-order valence-corrected chi connectivity index (χ4v) is 3.28. The van der Waals surface area contributed by atoms with Crippen molar-refractivity contribution in [2.75, 3.05) is 5.32 Å². The average Bonchev–Trinajstić information content (AvgIpc) is 3.36. The molecule has 31 heavy (non-hydrogen) atoms. The second-order valence-electron chi connectivity index (χ2n) is 7.24. The summed E-state index contributed by atoms with van der Waals surface area (Å²) >= 11 is 0. The first-order valence-electron chi connectivity index (χ1n) is 9.55. The number of aromatic nitrogens is 6. The molecule has 0 saturated heterocycles. The van der Waals surface area contributed by atoms with Gasteiger partial charge in [0.15, 0.2) is 5.82 Å². The molecule has 1 amide bonds. The minimum absolute atomic E-state index is 0.0408. The van der Waals surface area contributed by atoms with Gasteiger partial charge in [0.25, 0.3) is 5.91 Å². The maximum Gasteiger partial charge on any atom is 0.259 e. The molecule has 0 aliphatic heterocycles. The Balaban J connectivity index is 1.67. The first-order valence-corrected chi connectivity index (χ1v) is 9.55. The van der Waals surface area contributed by atoms with Gasteiger partial charge in [-0.2, -0.15) is 9.78 Å². The number of halogens is 2. The van der Waals surface area contributed by atoms with Crippen LogP contribution in [0.25, 0.3) is 11.4 Å². The maximum atomic E-state index is 14.3. The molecular weight excluding hydrogens is 404 g/mol. The Morgan fingerprint density at radius 3 is 2.45 bits per heavy atom. The lowest BCUT2D eigenvalue weighted by Crippen LogP contribution is -2.16. The summed E-state index contributed by atoms with van der Waals surface area (Å²) in [6.07, 6.45) is 1.46. The van der Waals surface area contributed by atoms with E-state index in [1.54, 1.807) is 23.7 Å². The quantitative estimate of drug-likeness (QED) is 0.527. The molecular formula is C21H19F2N7O. The zero-order valence-corrected chi connectivity index (χ0v) is 17.0. The van der Waals surface area contributed by atoms with Gasteiger partial charge in [0.2, 0.25) is 0 Å². The van der Waals surface area contributed by atoms with Crippen LogP contribution in [0.3, 0.4) is 0 Å². The molecule has 4 aromatic rings. The molecule has 0 fully saturated rings. The van der Waals surface area contributed by atoms with Crippen molar-refractivity contribution in [1.29, 1.82) is 0 Å². The van der Waals surface area contributed by atoms with Crippen LogP contribution < -0.4 is 5.32 Å². The standard InChI is InChI=1S/C21H19F2N7O/c1-12(2)20-17(11-24-30(20)16-7-4-14(22)5-8-16)21(31)25-15-6-9-18(23)19(10-15)29-13(3)26-27-28-29/h4-12H,1-3H3,(H,25,31). The van der Waals surface area contributed by atoms with Crippen molar-refractivity contribution in [3.8, 4) is 11.4 Å². The molecule has 0 radical (unpaired) electrons. The van der Waals surface area contributed by atoms with E-state index in [0.717, 1.165) is 0 Å². The van der Waals surface area contributed by atoms with Crippen LogP contribution in [0.1, 0.15) is 41.6 Å². The summed E-state index contributed by atoms with van der Waals surface area (Å²) in [4.78, 5) is 13.0. The largest absolute Gasteiger partial charge is 0.322 e. The molecule has 1 N–H and O–H groups in total. The van der Waals surface area contributed by atoms with E-state index >= 15 is 0 Å². The van der Waals surface area contributed by atoms with Gasteiger partial charge in [-0.1, -0.05) is 13.8 Å². The number of aryl methyl sites for hydroxylation is 1. The van der Waals surface area contributed by atoms with Gasteiger partial charge in [0, 0.05) is 5.69 Å². The molecule has 2 aromatic carbocycles. The molecule has 0 aliphatic carbocycles. The highest BCUT2D eigenvalue weighted by molar-refractivity contribution is 6.05. The van der Waals surface area contributed by atoms with Crippen molar-refractivity contribution in [2.45, 2.75) is 26.7 Å². The first kappa shape index (κ1) is 20.3. The van der Waals surface area contributed by atoms with Gasteiger partial charge in [-0.15, -0.1) is 5.10 Å². The number of amides is 1. The molecule has 0 unspecified atom stereocenters. The molecule has 8 nitrogen and oxygen atoms in total. The van der Waals surface area contributed by atoms with Crippen LogP contribution in [0.2, 0.25) is 0 Å². The molecule has 2 aromatic heterocycles. The van der Waals surface area contributed by atoms with Gasteiger partial charge in [0.05, 0.1) is 23.1 Å². The summed E-state index contributed by atoms with van der Waals surface area (Å²) in [5.41, 5.74) is 2.17. The number of benzene rings is 2. The Morgan fingerprint density at radius 2 is 1.81 bits per heavy atom. The Morgan fingerprint density at radius 1 is 1.06 bits per heavy atom. The molecule has 0 spiro atoms. The number of rotatable bonds is 5. The summed E-state index contributed by atoms with van der Waals surface area (Å²) < 4.78 is 30.4. The van der Waals surface area contributed by atoms with Crippen LogP contribution in [0.15, 0.2) is 48.7 Å². The minimum Gasteiger partial charge on any atom is -0.322 e. The highest BCUT2D eigenvalue weighted by Gasteiger charge is 2.21. The summed E-state index contributed by atoms with van der Waals surface area (Å²) in [5, 5.41) is 18.1. The van der Waals surface area contributed by atoms with E-state index in [0.29, 0.717) is 28.5 Å². The Bertz CT molecular complexity index is 1250. The topological polar surface area (TPSA) is 90.5 Å². The molecule has 0 bridgehead atoms. The van der Waals surface area contributed by atoms with E-state index in [9.17, 15) is 13.6 Å². The smallest absolute Gasteiger partial charge is 0.259 e. The van der Waals surface area contributed by atoms with Gasteiger partial charge in [-0.25, -0.2) is 13.5 Å². The van der Waals surface area contributed by atoms with Crippen LogP contribution in [-0.4, -0.2) is 35.9 Å². The van der Waals surface area contributed by atoms with Crippen LogP contribution in [0.5, 0.6) is 0 Å². The number of tetrazole rings is 1. The molecule has 0 saturated carbocycles. The molecule has 0 aliphatic rings. The fraction of sp³-hybridized carbons (Fsp3) is 0.190. The zero-order valence-electron chi connectivity index (χ0n) is 17.0. The van der Waals surface area contributed by atoms with E-state index in [1.807, 2.05) is 13.8 Å². The van der Waals surface area contributed by atoms with Crippen LogP contribution >= 0.6 is 0 Å². The normalized spacial score (nSPS) is 11.2. The monoisotopic (exact) mass is 423 g/mol. The third-order valence-corrected chi connectivity index (χ3v) is 4.73. The van der Waals surface area contributed by atoms with E-state index in [1.165, 1.54) is 41.2 Å². The summed E-state index contributed by atoms with van der Waals surface area (Å²) in [5.74, 6) is -0.917. The second-order valence-corrected chi connectivity index (χ2v) is 7.24. The molecule has 158 valence electrons. The lowest BCUT2D eigenvalue weighted by atomic mass is 10.0. The lowest BCUT2D eigenvalue weighted by molar-refractivity contribution is 0.102. The van der Waals surface area contributed by atoms with Crippen molar-refractivity contribution in [2.24, 2.45) is 0 Å². The highest BCUT2D eigenvalue weighted by atomic mass is 19.1. The van der Waals surface area contributed by atoms with Crippen molar-refractivity contribution >= 4 is 11.6 Å². The van der Waals surface area contributed by atoms with Crippen molar-refractivity contribution in [3.63, 3.8) is 0 Å². The van der Waals surface area contributed by atoms with Crippen molar-refractivity contribution in [3.05, 3.63) is 77.4 Å². The van der Waals surface area contributed by atoms with Gasteiger partial charge >= 0.3 is 0 Å². The van der Waals surface area contributed by atoms with Crippen molar-refractivity contribution < 1.29 is 13.6 Å². The zero-order chi connectivity index (χ0) is 22.1. The van der Waals surface area contributed by atoms with E-state index in [2.05, 4.69) is 25.9 Å². The molecule has 4 rings (SSSR count). The van der Waals surface area contributed by atoms with E-state index in [4.69, 9.17) is 0 Å². The second kappa shape index (κ2) is 8.05. The SMILES string of the molecule is Cc1nnnn1-c1cc(NC(=O)c2cnn(-c3ccc(F)cc3)c2C(C)C)ccc1F. The Labute approximate surface area is 176 Å².